The topological polar surface area (TPSA) is 51.7 Å². The minimum atomic E-state index is -0.529. The number of hydrogen-bond donors (Lipinski definition) is 0. The zero-order valence-corrected chi connectivity index (χ0v) is 11.4. The van der Waals surface area contributed by atoms with E-state index in [4.69, 9.17) is 9.47 Å². The molecule has 6 heteroatoms. The monoisotopic (exact) mass is 288 g/mol. The lowest BCUT2D eigenvalue weighted by Crippen LogP contribution is -2.29. The van der Waals surface area contributed by atoms with Gasteiger partial charge in [-0.3, -0.25) is 9.69 Å². The smallest absolute Gasteiger partial charge is 0.232 e. The highest BCUT2D eigenvalue weighted by Crippen LogP contribution is 2.32. The van der Waals surface area contributed by atoms with Crippen LogP contribution in [0.4, 0.5) is 10.2 Å². The number of amides is 1. The molecule has 3 rings (SSSR count). The number of nitrogens with zero attached hydrogens (tertiary/aromatic N) is 2. The number of ether oxygens (including phenoxy) is 2. The molecule has 0 saturated heterocycles. The highest BCUT2D eigenvalue weighted by molar-refractivity contribution is 5.93. The molecule has 0 radical (unpaired) electrons. The summed E-state index contributed by atoms with van der Waals surface area (Å²) >= 11 is 0. The van der Waals surface area contributed by atoms with Gasteiger partial charge in [-0.2, -0.15) is 0 Å². The summed E-state index contributed by atoms with van der Waals surface area (Å²) in [4.78, 5) is 17.3. The molecule has 0 spiro atoms. The largest absolute Gasteiger partial charge is 0.454 e. The number of halogens is 1. The van der Waals surface area contributed by atoms with Gasteiger partial charge in [0.25, 0.3) is 0 Å². The molecule has 1 aliphatic rings. The van der Waals surface area contributed by atoms with Crippen LogP contribution in [0.3, 0.4) is 0 Å². The third kappa shape index (κ3) is 2.65. The fraction of sp³-hybridized carbons (Fsp3) is 0.200. The molecule has 0 saturated carbocycles. The van der Waals surface area contributed by atoms with Gasteiger partial charge < -0.3 is 9.47 Å². The number of carbonyl (C=O) groups excluding carboxylic acids is 1. The second-order valence-corrected chi connectivity index (χ2v) is 4.63. The van der Waals surface area contributed by atoms with E-state index in [0.29, 0.717) is 11.5 Å². The number of aromatic nitrogens is 1. The summed E-state index contributed by atoms with van der Waals surface area (Å²) in [5.41, 5.74) is 0.771. The number of anilines is 1. The van der Waals surface area contributed by atoms with Crippen molar-refractivity contribution in [3.05, 3.63) is 47.9 Å². The molecule has 0 unspecified atom stereocenters. The van der Waals surface area contributed by atoms with Crippen molar-refractivity contribution in [3.8, 4) is 11.5 Å². The van der Waals surface area contributed by atoms with Crippen LogP contribution in [-0.4, -0.2) is 24.7 Å². The molecule has 21 heavy (non-hydrogen) atoms. The van der Waals surface area contributed by atoms with Gasteiger partial charge in [0.1, 0.15) is 0 Å². The second-order valence-electron chi connectivity index (χ2n) is 4.63. The van der Waals surface area contributed by atoms with Gasteiger partial charge >= 0.3 is 0 Å². The molecular formula is C15H13FN2O3. The fourth-order valence-electron chi connectivity index (χ4n) is 2.09. The highest BCUT2D eigenvalue weighted by Gasteiger charge is 2.18. The van der Waals surface area contributed by atoms with E-state index in [9.17, 15) is 9.18 Å². The molecule has 1 aromatic carbocycles. The van der Waals surface area contributed by atoms with Crippen LogP contribution in [0.1, 0.15) is 5.56 Å². The number of carbonyl (C=O) groups is 1. The van der Waals surface area contributed by atoms with E-state index in [-0.39, 0.29) is 24.9 Å². The van der Waals surface area contributed by atoms with E-state index in [1.54, 1.807) is 18.2 Å². The summed E-state index contributed by atoms with van der Waals surface area (Å²) in [5.74, 6) is 0.510. The van der Waals surface area contributed by atoms with E-state index in [1.807, 2.05) is 0 Å². The van der Waals surface area contributed by atoms with Crippen LogP contribution in [0.15, 0.2) is 36.5 Å². The van der Waals surface area contributed by atoms with E-state index in [2.05, 4.69) is 4.98 Å². The summed E-state index contributed by atoms with van der Waals surface area (Å²) in [7, 11) is 1.50. The molecule has 0 aliphatic carbocycles. The quantitative estimate of drug-likeness (QED) is 0.868. The van der Waals surface area contributed by atoms with Crippen molar-refractivity contribution in [1.82, 2.24) is 4.98 Å². The molecule has 0 bridgehead atoms. The minimum Gasteiger partial charge on any atom is -0.454 e. The van der Waals surface area contributed by atoms with Crippen molar-refractivity contribution < 1.29 is 18.7 Å². The van der Waals surface area contributed by atoms with Crippen LogP contribution in [0.25, 0.3) is 0 Å². The van der Waals surface area contributed by atoms with Gasteiger partial charge in [-0.05, 0) is 29.8 Å². The molecule has 0 N–H and O–H groups in total. The van der Waals surface area contributed by atoms with Gasteiger partial charge in [-0.15, -0.1) is 0 Å². The number of hydrogen-bond acceptors (Lipinski definition) is 4. The summed E-state index contributed by atoms with van der Waals surface area (Å²) < 4.78 is 24.1. The Balaban J connectivity index is 1.76. The number of rotatable bonds is 3. The maximum absolute atomic E-state index is 13.6. The summed E-state index contributed by atoms with van der Waals surface area (Å²) in [6, 6.07) is 8.05. The number of pyridine rings is 1. The first-order valence-electron chi connectivity index (χ1n) is 6.41. The molecule has 0 fully saturated rings. The number of likely N-dealkylation sites (N-methyl/N-ethyl adjacent to an activating group) is 1. The number of fused-ring (bicyclic) bond motifs is 1. The molecule has 2 heterocycles. The van der Waals surface area contributed by atoms with Crippen molar-refractivity contribution in [2.24, 2.45) is 0 Å². The zero-order chi connectivity index (χ0) is 14.8. The Labute approximate surface area is 120 Å². The zero-order valence-electron chi connectivity index (χ0n) is 11.4. The number of benzene rings is 1. The molecule has 2 aromatic rings. The summed E-state index contributed by atoms with van der Waals surface area (Å²) in [6.45, 7) is 0.186. The molecule has 1 aromatic heterocycles. The maximum atomic E-state index is 13.6. The highest BCUT2D eigenvalue weighted by atomic mass is 19.1. The van der Waals surface area contributed by atoms with E-state index >= 15 is 0 Å². The standard InChI is InChI=1S/C15H13FN2O3/c1-18(15-11(16)3-2-6-17-15)14(19)8-10-4-5-12-13(7-10)21-9-20-12/h2-7H,8-9H2,1H3. The normalized spacial score (nSPS) is 12.3. The third-order valence-electron chi connectivity index (χ3n) is 3.22. The van der Waals surface area contributed by atoms with E-state index in [0.717, 1.165) is 5.56 Å². The average Bonchev–Trinajstić information content (AvgIpc) is 2.94. The van der Waals surface area contributed by atoms with Crippen molar-refractivity contribution in [1.29, 1.82) is 0 Å². The molecular weight excluding hydrogens is 275 g/mol. The molecule has 1 amide bonds. The predicted molar refractivity (Wildman–Crippen MR) is 73.9 cm³/mol. The van der Waals surface area contributed by atoms with Crippen molar-refractivity contribution in [2.75, 3.05) is 18.7 Å². The Morgan fingerprint density at radius 1 is 1.33 bits per heavy atom. The van der Waals surface area contributed by atoms with Crippen LogP contribution in [0, 0.1) is 5.82 Å². The first kappa shape index (κ1) is 13.4. The van der Waals surface area contributed by atoms with Crippen LogP contribution in [-0.2, 0) is 11.2 Å². The lowest BCUT2D eigenvalue weighted by molar-refractivity contribution is -0.117. The van der Waals surface area contributed by atoms with Gasteiger partial charge in [0.05, 0.1) is 6.42 Å². The van der Waals surface area contributed by atoms with Gasteiger partial charge in [-0.1, -0.05) is 6.07 Å². The fourth-order valence-corrected chi connectivity index (χ4v) is 2.09. The van der Waals surface area contributed by atoms with Crippen LogP contribution >= 0.6 is 0 Å². The Morgan fingerprint density at radius 2 is 2.14 bits per heavy atom. The Bertz CT molecular complexity index is 690. The van der Waals surface area contributed by atoms with Crippen molar-refractivity contribution in [2.45, 2.75) is 6.42 Å². The van der Waals surface area contributed by atoms with Crippen molar-refractivity contribution >= 4 is 11.7 Å². The Kier molecular flexibility index (Phi) is 3.43. The molecule has 1 aliphatic heterocycles. The van der Waals surface area contributed by atoms with Gasteiger partial charge in [0.15, 0.2) is 23.1 Å². The van der Waals surface area contributed by atoms with Crippen molar-refractivity contribution in [3.63, 3.8) is 0 Å². The van der Waals surface area contributed by atoms with Crippen LogP contribution in [0.2, 0.25) is 0 Å². The lowest BCUT2D eigenvalue weighted by Gasteiger charge is -2.16. The first-order chi connectivity index (χ1) is 10.1. The Morgan fingerprint density at radius 3 is 2.95 bits per heavy atom. The molecule has 5 nitrogen and oxygen atoms in total. The Hall–Kier alpha value is -2.63. The van der Waals surface area contributed by atoms with E-state index in [1.165, 1.54) is 30.3 Å². The summed E-state index contributed by atoms with van der Waals surface area (Å²) in [5, 5.41) is 0. The second kappa shape index (κ2) is 5.40. The first-order valence-corrected chi connectivity index (χ1v) is 6.41. The van der Waals surface area contributed by atoms with E-state index < -0.39 is 5.82 Å². The maximum Gasteiger partial charge on any atom is 0.232 e. The predicted octanol–water partition coefficient (Wildman–Crippen LogP) is 2.15. The SMILES string of the molecule is CN(C(=O)Cc1ccc2c(c1)OCO2)c1ncccc1F. The van der Waals surface area contributed by atoms with Crippen LogP contribution in [0.5, 0.6) is 11.5 Å². The van der Waals surface area contributed by atoms with Gasteiger partial charge in [0.2, 0.25) is 12.7 Å². The van der Waals surface area contributed by atoms with Gasteiger partial charge in [-0.25, -0.2) is 9.37 Å². The van der Waals surface area contributed by atoms with Crippen LogP contribution < -0.4 is 14.4 Å². The minimum absolute atomic E-state index is 0.0169. The molecule has 0 atom stereocenters. The van der Waals surface area contributed by atoms with Gasteiger partial charge in [0, 0.05) is 13.2 Å². The third-order valence-corrected chi connectivity index (χ3v) is 3.22. The lowest BCUT2D eigenvalue weighted by atomic mass is 10.1. The summed E-state index contributed by atoms with van der Waals surface area (Å²) in [6.07, 6.45) is 1.58. The average molecular weight is 288 g/mol. The molecule has 108 valence electrons.